The molecule has 0 spiro atoms. The first-order valence-corrected chi connectivity index (χ1v) is 5.82. The normalized spacial score (nSPS) is 10.3. The van der Waals surface area contributed by atoms with Gasteiger partial charge in [-0.2, -0.15) is 0 Å². The fraction of sp³-hybridized carbons (Fsp3) is 0.308. The van der Waals surface area contributed by atoms with E-state index in [9.17, 15) is 4.79 Å². The maximum Gasteiger partial charge on any atom is 0.360 e. The number of hydrogen-bond donors (Lipinski definition) is 0. The quantitative estimate of drug-likeness (QED) is 0.771. The fourth-order valence-corrected chi connectivity index (χ4v) is 1.64. The van der Waals surface area contributed by atoms with Gasteiger partial charge in [0.25, 0.3) is 0 Å². The van der Waals surface area contributed by atoms with Gasteiger partial charge in [-0.1, -0.05) is 29.5 Å². The van der Waals surface area contributed by atoms with E-state index in [-0.39, 0.29) is 5.69 Å². The Morgan fingerprint density at radius 2 is 2.17 bits per heavy atom. The van der Waals surface area contributed by atoms with Crippen LogP contribution in [0.3, 0.4) is 0 Å². The zero-order chi connectivity index (χ0) is 13.0. The topological polar surface area (TPSA) is 57.0 Å². The van der Waals surface area contributed by atoms with Gasteiger partial charge in [0.1, 0.15) is 0 Å². The highest BCUT2D eigenvalue weighted by Crippen LogP contribution is 2.08. The Kier molecular flexibility index (Phi) is 3.72. The van der Waals surface area contributed by atoms with E-state index in [1.807, 2.05) is 31.2 Å². The average Bonchev–Trinajstić information content (AvgIpc) is 2.81. The molecule has 0 amide bonds. The molecule has 94 valence electrons. The molecule has 0 saturated heterocycles. The zero-order valence-corrected chi connectivity index (χ0v) is 10.5. The number of esters is 1. The molecule has 5 nitrogen and oxygen atoms in total. The molecule has 0 aliphatic rings. The SMILES string of the molecule is CCOC(=O)c1cn(Cc2ccccc2C)nn1. The second-order valence-corrected chi connectivity index (χ2v) is 3.95. The minimum atomic E-state index is -0.437. The van der Waals surface area contributed by atoms with Gasteiger partial charge in [0, 0.05) is 0 Å². The van der Waals surface area contributed by atoms with Crippen LogP contribution in [-0.2, 0) is 11.3 Å². The molecule has 0 radical (unpaired) electrons. The molecule has 0 bridgehead atoms. The number of benzene rings is 1. The van der Waals surface area contributed by atoms with Crippen molar-refractivity contribution in [1.29, 1.82) is 0 Å². The predicted molar refractivity (Wildman–Crippen MR) is 66.3 cm³/mol. The van der Waals surface area contributed by atoms with Gasteiger partial charge in [0.15, 0.2) is 5.69 Å². The number of aromatic nitrogens is 3. The van der Waals surface area contributed by atoms with E-state index in [4.69, 9.17) is 4.74 Å². The predicted octanol–water partition coefficient (Wildman–Crippen LogP) is 1.81. The molecular weight excluding hydrogens is 230 g/mol. The number of rotatable bonds is 4. The van der Waals surface area contributed by atoms with Crippen molar-refractivity contribution in [2.24, 2.45) is 0 Å². The van der Waals surface area contributed by atoms with E-state index < -0.39 is 5.97 Å². The molecular formula is C13H15N3O2. The van der Waals surface area contributed by atoms with Crippen molar-refractivity contribution in [3.8, 4) is 0 Å². The Morgan fingerprint density at radius 1 is 1.39 bits per heavy atom. The molecule has 0 N–H and O–H groups in total. The zero-order valence-electron chi connectivity index (χ0n) is 10.5. The van der Waals surface area contributed by atoms with Crippen LogP contribution in [0.2, 0.25) is 0 Å². The smallest absolute Gasteiger partial charge is 0.360 e. The van der Waals surface area contributed by atoms with Crippen molar-refractivity contribution in [2.45, 2.75) is 20.4 Å². The van der Waals surface area contributed by atoms with Gasteiger partial charge in [-0.25, -0.2) is 9.48 Å². The second kappa shape index (κ2) is 5.44. The van der Waals surface area contributed by atoms with E-state index in [1.165, 1.54) is 5.56 Å². The number of carbonyl (C=O) groups is 1. The minimum Gasteiger partial charge on any atom is -0.461 e. The van der Waals surface area contributed by atoms with Crippen LogP contribution in [0.1, 0.15) is 28.5 Å². The minimum absolute atomic E-state index is 0.241. The summed E-state index contributed by atoms with van der Waals surface area (Å²) in [5.74, 6) is -0.437. The summed E-state index contributed by atoms with van der Waals surface area (Å²) in [4.78, 5) is 11.4. The van der Waals surface area contributed by atoms with Crippen LogP contribution in [0, 0.1) is 6.92 Å². The van der Waals surface area contributed by atoms with E-state index in [2.05, 4.69) is 10.3 Å². The Balaban J connectivity index is 2.12. The summed E-state index contributed by atoms with van der Waals surface area (Å²) in [7, 11) is 0. The van der Waals surface area contributed by atoms with Crippen molar-refractivity contribution in [3.63, 3.8) is 0 Å². The van der Waals surface area contributed by atoms with Crippen LogP contribution in [0.4, 0.5) is 0 Å². The molecule has 1 heterocycles. The third-order valence-corrected chi connectivity index (χ3v) is 2.62. The molecule has 0 unspecified atom stereocenters. The molecule has 0 atom stereocenters. The third kappa shape index (κ3) is 2.74. The maximum absolute atomic E-state index is 11.4. The maximum atomic E-state index is 11.4. The lowest BCUT2D eigenvalue weighted by Crippen LogP contribution is -2.05. The van der Waals surface area contributed by atoms with Gasteiger partial charge in [-0.3, -0.25) is 0 Å². The third-order valence-electron chi connectivity index (χ3n) is 2.62. The van der Waals surface area contributed by atoms with Crippen molar-refractivity contribution >= 4 is 5.97 Å². The fourth-order valence-electron chi connectivity index (χ4n) is 1.64. The second-order valence-electron chi connectivity index (χ2n) is 3.95. The van der Waals surface area contributed by atoms with E-state index >= 15 is 0 Å². The van der Waals surface area contributed by atoms with Crippen molar-refractivity contribution < 1.29 is 9.53 Å². The number of nitrogens with zero attached hydrogens (tertiary/aromatic N) is 3. The molecule has 2 rings (SSSR count). The molecule has 1 aromatic heterocycles. The largest absolute Gasteiger partial charge is 0.461 e. The van der Waals surface area contributed by atoms with Crippen LogP contribution in [-0.4, -0.2) is 27.6 Å². The summed E-state index contributed by atoms with van der Waals surface area (Å²) in [6.45, 7) is 4.73. The number of carbonyl (C=O) groups excluding carboxylic acids is 1. The lowest BCUT2D eigenvalue weighted by Gasteiger charge is -2.04. The van der Waals surface area contributed by atoms with Gasteiger partial charge in [-0.05, 0) is 25.0 Å². The molecule has 18 heavy (non-hydrogen) atoms. The van der Waals surface area contributed by atoms with Gasteiger partial charge in [0.05, 0.1) is 19.3 Å². The van der Waals surface area contributed by atoms with Gasteiger partial charge >= 0.3 is 5.97 Å². The molecule has 1 aromatic carbocycles. The standard InChI is InChI=1S/C13H15N3O2/c1-3-18-13(17)12-9-16(15-14-12)8-11-7-5-4-6-10(11)2/h4-7,9H,3,8H2,1-2H3. The highest BCUT2D eigenvalue weighted by molar-refractivity contribution is 5.86. The first kappa shape index (κ1) is 12.3. The Bertz CT molecular complexity index is 549. The van der Waals surface area contributed by atoms with E-state index in [1.54, 1.807) is 17.8 Å². The lowest BCUT2D eigenvalue weighted by atomic mass is 10.1. The van der Waals surface area contributed by atoms with Crippen molar-refractivity contribution in [1.82, 2.24) is 15.0 Å². The lowest BCUT2D eigenvalue weighted by molar-refractivity contribution is 0.0519. The summed E-state index contributed by atoms with van der Waals surface area (Å²) in [5, 5.41) is 7.72. The molecule has 0 aliphatic heterocycles. The number of hydrogen-bond acceptors (Lipinski definition) is 4. The Morgan fingerprint density at radius 3 is 2.89 bits per heavy atom. The highest BCUT2D eigenvalue weighted by Gasteiger charge is 2.11. The summed E-state index contributed by atoms with van der Waals surface area (Å²) in [6, 6.07) is 8.04. The Labute approximate surface area is 105 Å². The van der Waals surface area contributed by atoms with E-state index in [0.29, 0.717) is 13.2 Å². The molecule has 5 heteroatoms. The van der Waals surface area contributed by atoms with Crippen LogP contribution >= 0.6 is 0 Å². The summed E-state index contributed by atoms with van der Waals surface area (Å²) in [5.41, 5.74) is 2.58. The Hall–Kier alpha value is -2.17. The molecule has 0 fully saturated rings. The molecule has 2 aromatic rings. The average molecular weight is 245 g/mol. The van der Waals surface area contributed by atoms with Crippen molar-refractivity contribution in [2.75, 3.05) is 6.61 Å². The van der Waals surface area contributed by atoms with Crippen LogP contribution in [0.5, 0.6) is 0 Å². The van der Waals surface area contributed by atoms with Crippen LogP contribution < -0.4 is 0 Å². The van der Waals surface area contributed by atoms with Gasteiger partial charge in [0.2, 0.25) is 0 Å². The first-order valence-electron chi connectivity index (χ1n) is 5.82. The summed E-state index contributed by atoms with van der Waals surface area (Å²) in [6.07, 6.45) is 1.60. The highest BCUT2D eigenvalue weighted by atomic mass is 16.5. The van der Waals surface area contributed by atoms with Crippen molar-refractivity contribution in [3.05, 3.63) is 47.3 Å². The monoisotopic (exact) mass is 245 g/mol. The van der Waals surface area contributed by atoms with Crippen LogP contribution in [0.15, 0.2) is 30.5 Å². The first-order chi connectivity index (χ1) is 8.70. The van der Waals surface area contributed by atoms with Gasteiger partial charge in [-0.15, -0.1) is 5.10 Å². The summed E-state index contributed by atoms with van der Waals surface area (Å²) < 4.78 is 6.49. The number of aryl methyl sites for hydroxylation is 1. The molecule has 0 saturated carbocycles. The van der Waals surface area contributed by atoms with Gasteiger partial charge < -0.3 is 4.74 Å². The summed E-state index contributed by atoms with van der Waals surface area (Å²) >= 11 is 0. The van der Waals surface area contributed by atoms with Crippen LogP contribution in [0.25, 0.3) is 0 Å². The van der Waals surface area contributed by atoms with E-state index in [0.717, 1.165) is 5.56 Å². The number of ether oxygens (including phenoxy) is 1. The molecule has 0 aliphatic carbocycles.